The van der Waals surface area contributed by atoms with Crippen molar-refractivity contribution in [3.63, 3.8) is 0 Å². The van der Waals surface area contributed by atoms with Crippen molar-refractivity contribution in [2.45, 2.75) is 18.7 Å². The number of sulfonamides is 1. The lowest BCUT2D eigenvalue weighted by Gasteiger charge is -2.18. The van der Waals surface area contributed by atoms with Crippen molar-refractivity contribution in [2.75, 3.05) is 18.4 Å². The number of hydrogen-bond donors (Lipinski definition) is 1. The van der Waals surface area contributed by atoms with Crippen LogP contribution < -0.4 is 5.32 Å². The minimum atomic E-state index is -3.49. The molecule has 1 heterocycles. The monoisotopic (exact) mass is 388 g/mol. The molecule has 5 nitrogen and oxygen atoms in total. The van der Waals surface area contributed by atoms with Crippen LogP contribution in [0.2, 0.25) is 0 Å². The highest BCUT2D eigenvalue weighted by Gasteiger charge is 2.21. The molecule has 0 aliphatic rings. The van der Waals surface area contributed by atoms with Crippen LogP contribution in [0.1, 0.15) is 23.5 Å². The molecule has 0 unspecified atom stereocenters. The number of rotatable bonds is 6. The van der Waals surface area contributed by atoms with Crippen LogP contribution in [0, 0.1) is 0 Å². The molecular formula is C19H20N2O3S2. The van der Waals surface area contributed by atoms with Crippen molar-refractivity contribution in [3.05, 3.63) is 59.5 Å². The molecule has 1 N–H and O–H groups in total. The van der Waals surface area contributed by atoms with E-state index in [0.717, 1.165) is 10.1 Å². The lowest BCUT2D eigenvalue weighted by molar-refractivity contribution is 0.103. The number of carbonyl (C=O) groups is 1. The van der Waals surface area contributed by atoms with Gasteiger partial charge in [0.1, 0.15) is 0 Å². The van der Waals surface area contributed by atoms with Gasteiger partial charge in [0, 0.05) is 23.5 Å². The van der Waals surface area contributed by atoms with Gasteiger partial charge >= 0.3 is 0 Å². The van der Waals surface area contributed by atoms with E-state index in [-0.39, 0.29) is 10.8 Å². The van der Waals surface area contributed by atoms with E-state index in [9.17, 15) is 13.2 Å². The van der Waals surface area contributed by atoms with Gasteiger partial charge in [0.2, 0.25) is 10.0 Å². The van der Waals surface area contributed by atoms with E-state index < -0.39 is 10.0 Å². The summed E-state index contributed by atoms with van der Waals surface area (Å²) >= 11 is 1.43. The second kappa shape index (κ2) is 7.57. The Morgan fingerprint density at radius 1 is 1.04 bits per heavy atom. The van der Waals surface area contributed by atoms with E-state index in [1.807, 2.05) is 30.3 Å². The van der Waals surface area contributed by atoms with E-state index >= 15 is 0 Å². The zero-order valence-corrected chi connectivity index (χ0v) is 16.2. The number of hydrogen-bond acceptors (Lipinski definition) is 4. The van der Waals surface area contributed by atoms with Gasteiger partial charge in [-0.3, -0.25) is 4.79 Å². The van der Waals surface area contributed by atoms with Crippen LogP contribution >= 0.6 is 11.3 Å². The van der Waals surface area contributed by atoms with Crippen LogP contribution in [0.3, 0.4) is 0 Å². The minimum Gasteiger partial charge on any atom is -0.321 e. The highest BCUT2D eigenvalue weighted by molar-refractivity contribution is 7.89. The van der Waals surface area contributed by atoms with Gasteiger partial charge in [0.05, 0.1) is 9.77 Å². The Bertz CT molecular complexity index is 987. The number of anilines is 1. The Kier molecular flexibility index (Phi) is 5.41. The molecule has 1 amide bonds. The van der Waals surface area contributed by atoms with E-state index in [2.05, 4.69) is 5.32 Å². The van der Waals surface area contributed by atoms with Gasteiger partial charge < -0.3 is 5.32 Å². The molecule has 136 valence electrons. The third-order valence-corrected chi connectivity index (χ3v) is 7.28. The van der Waals surface area contributed by atoms with E-state index in [1.165, 1.54) is 27.8 Å². The molecule has 3 aromatic rings. The van der Waals surface area contributed by atoms with Gasteiger partial charge in [-0.15, -0.1) is 11.3 Å². The smallest absolute Gasteiger partial charge is 0.265 e. The predicted molar refractivity (Wildman–Crippen MR) is 106 cm³/mol. The summed E-state index contributed by atoms with van der Waals surface area (Å²) in [6, 6.07) is 15.9. The van der Waals surface area contributed by atoms with Crippen LogP contribution in [0.5, 0.6) is 0 Å². The summed E-state index contributed by atoms with van der Waals surface area (Å²) in [5.41, 5.74) is 0.561. The van der Waals surface area contributed by atoms with Crippen molar-refractivity contribution in [2.24, 2.45) is 0 Å². The van der Waals surface area contributed by atoms with Crippen LogP contribution in [0.25, 0.3) is 10.1 Å². The Balaban J connectivity index is 1.77. The maximum Gasteiger partial charge on any atom is 0.265 e. The predicted octanol–water partition coefficient (Wildman–Crippen LogP) is 4.18. The number of nitrogens with one attached hydrogen (secondary N) is 1. The number of thiophene rings is 1. The summed E-state index contributed by atoms with van der Waals surface area (Å²) in [5, 5.41) is 3.85. The molecule has 0 atom stereocenters. The summed E-state index contributed by atoms with van der Waals surface area (Å²) in [6.07, 6.45) is 0. The Labute approximate surface area is 157 Å². The highest BCUT2D eigenvalue weighted by atomic mass is 32.2. The van der Waals surface area contributed by atoms with Crippen LogP contribution in [-0.4, -0.2) is 31.7 Å². The normalized spacial score (nSPS) is 11.8. The molecule has 0 spiro atoms. The molecule has 26 heavy (non-hydrogen) atoms. The number of benzene rings is 2. The average molecular weight is 389 g/mol. The molecule has 0 fully saturated rings. The summed E-state index contributed by atoms with van der Waals surface area (Å²) in [4.78, 5) is 13.3. The third kappa shape index (κ3) is 3.65. The lowest BCUT2D eigenvalue weighted by Crippen LogP contribution is -2.30. The zero-order chi connectivity index (χ0) is 18.7. The van der Waals surface area contributed by atoms with Gasteiger partial charge in [-0.1, -0.05) is 32.0 Å². The largest absolute Gasteiger partial charge is 0.321 e. The van der Waals surface area contributed by atoms with Gasteiger partial charge in [0.15, 0.2) is 0 Å². The third-order valence-electron chi connectivity index (χ3n) is 4.10. The Morgan fingerprint density at radius 2 is 1.69 bits per heavy atom. The van der Waals surface area contributed by atoms with Crippen molar-refractivity contribution in [1.29, 1.82) is 0 Å². The fourth-order valence-corrected chi connectivity index (χ4v) is 5.13. The van der Waals surface area contributed by atoms with Crippen molar-refractivity contribution >= 4 is 43.0 Å². The van der Waals surface area contributed by atoms with Gasteiger partial charge in [0.25, 0.3) is 5.91 Å². The molecule has 0 radical (unpaired) electrons. The second-order valence-electron chi connectivity index (χ2n) is 5.72. The van der Waals surface area contributed by atoms with Crippen molar-refractivity contribution in [1.82, 2.24) is 4.31 Å². The zero-order valence-electron chi connectivity index (χ0n) is 14.6. The molecule has 0 aliphatic carbocycles. The number of carbonyl (C=O) groups excluding carboxylic acids is 1. The van der Waals surface area contributed by atoms with Crippen LogP contribution in [-0.2, 0) is 10.0 Å². The van der Waals surface area contributed by atoms with E-state index in [1.54, 1.807) is 26.0 Å². The first-order valence-electron chi connectivity index (χ1n) is 8.36. The summed E-state index contributed by atoms with van der Waals surface area (Å²) in [6.45, 7) is 4.45. The topological polar surface area (TPSA) is 66.5 Å². The van der Waals surface area contributed by atoms with Gasteiger partial charge in [-0.2, -0.15) is 4.31 Å². The average Bonchev–Trinajstić information content (AvgIpc) is 3.07. The van der Waals surface area contributed by atoms with E-state index in [4.69, 9.17) is 0 Å². The maximum absolute atomic E-state index is 12.5. The molecule has 0 aliphatic heterocycles. The number of nitrogens with zero attached hydrogens (tertiary/aromatic N) is 1. The minimum absolute atomic E-state index is 0.203. The molecule has 2 aromatic carbocycles. The quantitative estimate of drug-likeness (QED) is 0.689. The van der Waals surface area contributed by atoms with Crippen LogP contribution in [0.4, 0.5) is 5.69 Å². The number of amides is 1. The molecule has 1 aromatic heterocycles. The molecule has 0 saturated heterocycles. The Hall–Kier alpha value is -2.22. The molecule has 7 heteroatoms. The lowest BCUT2D eigenvalue weighted by atomic mass is 10.2. The first kappa shape index (κ1) is 18.6. The molecule has 0 saturated carbocycles. The molecule has 3 rings (SSSR count). The standard InChI is InChI=1S/C19H20N2O3S2/c1-3-21(4-2)26(23,24)16-11-9-15(10-12-16)20-19(22)18-13-14-7-5-6-8-17(14)25-18/h5-13H,3-4H2,1-2H3,(H,20,22). The first-order chi connectivity index (χ1) is 12.5. The second-order valence-corrected chi connectivity index (χ2v) is 8.74. The summed E-state index contributed by atoms with van der Waals surface area (Å²) in [5.74, 6) is -0.203. The summed E-state index contributed by atoms with van der Waals surface area (Å²) < 4.78 is 27.4. The first-order valence-corrected chi connectivity index (χ1v) is 10.6. The Morgan fingerprint density at radius 3 is 2.31 bits per heavy atom. The van der Waals surface area contributed by atoms with Gasteiger partial charge in [-0.25, -0.2) is 8.42 Å². The molecular weight excluding hydrogens is 368 g/mol. The SMILES string of the molecule is CCN(CC)S(=O)(=O)c1ccc(NC(=O)c2cc3ccccc3s2)cc1. The number of fused-ring (bicyclic) bond motifs is 1. The van der Waals surface area contributed by atoms with E-state index in [0.29, 0.717) is 23.7 Å². The fraction of sp³-hybridized carbons (Fsp3) is 0.211. The maximum atomic E-state index is 12.5. The van der Waals surface area contributed by atoms with Crippen LogP contribution in [0.15, 0.2) is 59.5 Å². The van der Waals surface area contributed by atoms with Crippen molar-refractivity contribution < 1.29 is 13.2 Å². The van der Waals surface area contributed by atoms with Crippen molar-refractivity contribution in [3.8, 4) is 0 Å². The fourth-order valence-electron chi connectivity index (χ4n) is 2.71. The molecule has 0 bridgehead atoms. The van der Waals surface area contributed by atoms with Gasteiger partial charge in [-0.05, 0) is 41.8 Å². The highest BCUT2D eigenvalue weighted by Crippen LogP contribution is 2.26. The summed E-state index contributed by atoms with van der Waals surface area (Å²) in [7, 11) is -3.49.